The molecule has 6 nitrogen and oxygen atoms in total. The van der Waals surface area contributed by atoms with Gasteiger partial charge in [-0.15, -0.1) is 12.6 Å². The molecule has 0 spiro atoms. The van der Waals surface area contributed by atoms with E-state index in [4.69, 9.17) is 14.6 Å². The van der Waals surface area contributed by atoms with Crippen LogP contribution in [-0.2, 0) is 18.8 Å². The van der Waals surface area contributed by atoms with E-state index in [0.717, 1.165) is 19.3 Å². The second-order valence-electron chi connectivity index (χ2n) is 10.2. The average molecular weight is 551 g/mol. The minimum atomic E-state index is -2.80. The van der Waals surface area contributed by atoms with Crippen LogP contribution >= 0.6 is 21.1 Å². The number of hydrogen-bond donors (Lipinski definition) is 3. The molecule has 4 atom stereocenters. The molecule has 0 saturated carbocycles. The molecule has 0 aromatic carbocycles. The first kappa shape index (κ1) is 35.8. The molecule has 0 aliphatic carbocycles. The monoisotopic (exact) mass is 550 g/mol. The first-order chi connectivity index (χ1) is 17.3. The van der Waals surface area contributed by atoms with Crippen molar-refractivity contribution < 1.29 is 29.0 Å². The second kappa shape index (κ2) is 23.9. The Labute approximate surface area is 228 Å². The highest BCUT2D eigenvalue weighted by Gasteiger charge is 2.42. The third kappa shape index (κ3) is 19.0. The summed E-state index contributed by atoms with van der Waals surface area (Å²) in [5, 5.41) is 19.0. The van der Waals surface area contributed by atoms with Gasteiger partial charge in [-0.2, -0.15) is 0 Å². The predicted molar refractivity (Wildman–Crippen MR) is 152 cm³/mol. The van der Waals surface area contributed by atoms with Gasteiger partial charge in [-0.1, -0.05) is 136 Å². The second-order valence-corrected chi connectivity index (χ2v) is 11.5. The summed E-state index contributed by atoms with van der Waals surface area (Å²) in [6.07, 6.45) is 23.1. The van der Waals surface area contributed by atoms with Crippen LogP contribution in [0.2, 0.25) is 0 Å². The van der Waals surface area contributed by atoms with E-state index in [9.17, 15) is 14.5 Å². The van der Waals surface area contributed by atoms with Crippen LogP contribution in [0.1, 0.15) is 149 Å². The first-order valence-electron chi connectivity index (χ1n) is 14.6. The van der Waals surface area contributed by atoms with Crippen molar-refractivity contribution in [3.05, 3.63) is 0 Å². The number of carboxylic acid groups (broad SMARTS) is 1. The zero-order valence-electron chi connectivity index (χ0n) is 23.3. The van der Waals surface area contributed by atoms with Crippen molar-refractivity contribution in [1.29, 1.82) is 0 Å². The van der Waals surface area contributed by atoms with Crippen LogP contribution in [0.15, 0.2) is 0 Å². The van der Waals surface area contributed by atoms with Crippen LogP contribution in [0.25, 0.3) is 0 Å². The molecule has 214 valence electrons. The molecule has 0 fully saturated rings. The first-order valence-corrected chi connectivity index (χ1v) is 16.0. The van der Waals surface area contributed by atoms with Crippen LogP contribution in [0.3, 0.4) is 0 Å². The maximum Gasteiger partial charge on any atom is 0.377 e. The number of unbranched alkanes of at least 4 members (excludes halogenated alkanes) is 14. The molecule has 36 heavy (non-hydrogen) atoms. The lowest BCUT2D eigenvalue weighted by Crippen LogP contribution is -2.40. The fraction of sp³-hybridized carbons (Fsp3) is 0.964. The van der Waals surface area contributed by atoms with Crippen LogP contribution in [0.4, 0.5) is 0 Å². The van der Waals surface area contributed by atoms with Crippen molar-refractivity contribution in [1.82, 2.24) is 0 Å². The van der Waals surface area contributed by atoms with Gasteiger partial charge in [0.2, 0.25) is 8.46 Å². The summed E-state index contributed by atoms with van der Waals surface area (Å²) in [4.78, 5) is 11.2. The topological polar surface area (TPSA) is 93.1 Å². The molecule has 2 N–H and O–H groups in total. The molecule has 4 unspecified atom stereocenters. The number of ether oxygens (including phenoxy) is 2. The van der Waals surface area contributed by atoms with Gasteiger partial charge in [0.25, 0.3) is 0 Å². The van der Waals surface area contributed by atoms with E-state index < -0.39 is 31.7 Å². The standard InChI is InChI=1S/C28H55O6PS/c1-4-7-9-11-13-14-15-16-18-20-22-24(21-19-17-12-10-8-5-2)23-26(36)33-25(6-3)34-28(31,35-32)27(29)30/h24-26,31,36H,4-23H2,1-3H3,(H,29,30). The van der Waals surface area contributed by atoms with E-state index in [1.54, 1.807) is 6.92 Å². The molecule has 0 heterocycles. The molecule has 0 amide bonds. The largest absolute Gasteiger partial charge is 0.477 e. The third-order valence-electron chi connectivity index (χ3n) is 6.81. The molecule has 0 rings (SSSR count). The normalized spacial score (nSPS) is 16.0. The van der Waals surface area contributed by atoms with Gasteiger partial charge >= 0.3 is 11.5 Å². The van der Waals surface area contributed by atoms with Crippen molar-refractivity contribution in [3.63, 3.8) is 0 Å². The van der Waals surface area contributed by atoms with Crippen molar-refractivity contribution >= 4 is 27.1 Å². The smallest absolute Gasteiger partial charge is 0.377 e. The molecule has 0 aliphatic heterocycles. The van der Waals surface area contributed by atoms with E-state index in [1.165, 1.54) is 103 Å². The maximum absolute atomic E-state index is 11.2. The predicted octanol–water partition coefficient (Wildman–Crippen LogP) is 9.10. The van der Waals surface area contributed by atoms with Gasteiger partial charge < -0.3 is 19.7 Å². The molecule has 0 radical (unpaired) electrons. The molecule has 0 bridgehead atoms. The van der Waals surface area contributed by atoms with Gasteiger partial charge in [0.1, 0.15) is 5.44 Å². The Morgan fingerprint density at radius 1 is 0.806 bits per heavy atom. The fourth-order valence-corrected chi connectivity index (χ4v) is 5.20. The van der Waals surface area contributed by atoms with Gasteiger partial charge in [0, 0.05) is 0 Å². The molecular weight excluding hydrogens is 495 g/mol. The number of aliphatic hydroxyl groups is 1. The lowest BCUT2D eigenvalue weighted by atomic mass is 9.91. The summed E-state index contributed by atoms with van der Waals surface area (Å²) in [6, 6.07) is 0. The lowest BCUT2D eigenvalue weighted by Gasteiger charge is -2.27. The molecule has 0 saturated heterocycles. The fourth-order valence-electron chi connectivity index (χ4n) is 4.53. The zero-order chi connectivity index (χ0) is 27.1. The van der Waals surface area contributed by atoms with Crippen molar-refractivity contribution in [3.8, 4) is 0 Å². The van der Waals surface area contributed by atoms with Crippen molar-refractivity contribution in [2.75, 3.05) is 0 Å². The molecule has 0 aliphatic rings. The van der Waals surface area contributed by atoms with Gasteiger partial charge in [0.05, 0.1) is 0 Å². The van der Waals surface area contributed by atoms with E-state index in [1.807, 2.05) is 0 Å². The minimum Gasteiger partial charge on any atom is -0.477 e. The third-order valence-corrected chi connectivity index (χ3v) is 7.68. The van der Waals surface area contributed by atoms with E-state index in [-0.39, 0.29) is 0 Å². The Morgan fingerprint density at radius 2 is 1.22 bits per heavy atom. The van der Waals surface area contributed by atoms with E-state index in [2.05, 4.69) is 26.5 Å². The maximum atomic E-state index is 11.2. The van der Waals surface area contributed by atoms with Gasteiger partial charge in [-0.3, -0.25) is 4.57 Å². The molecular formula is C28H55O6PS. The summed E-state index contributed by atoms with van der Waals surface area (Å²) in [6.45, 7) is 6.24. The van der Waals surface area contributed by atoms with Gasteiger partial charge in [-0.05, 0) is 18.8 Å². The summed E-state index contributed by atoms with van der Waals surface area (Å²) in [7, 11) is -1.03. The Hall–Kier alpha value is -0.200. The zero-order valence-corrected chi connectivity index (χ0v) is 25.1. The summed E-state index contributed by atoms with van der Waals surface area (Å²) in [5.74, 6) is -1.22. The van der Waals surface area contributed by atoms with Gasteiger partial charge in [0.15, 0.2) is 6.29 Å². The van der Waals surface area contributed by atoms with Gasteiger partial charge in [-0.25, -0.2) is 4.79 Å². The molecule has 0 aromatic rings. The minimum absolute atomic E-state index is 0.308. The summed E-state index contributed by atoms with van der Waals surface area (Å²) < 4.78 is 22.1. The number of carbonyl (C=O) groups is 1. The SMILES string of the molecule is CCCCCCCCCCCCC(CCCCCCCC)CC(S)OC(CC)OC(O)(P=O)C(=O)O. The number of rotatable bonds is 27. The number of thiol groups is 1. The number of hydrogen-bond acceptors (Lipinski definition) is 6. The van der Waals surface area contributed by atoms with E-state index >= 15 is 0 Å². The van der Waals surface area contributed by atoms with Crippen LogP contribution < -0.4 is 0 Å². The Balaban J connectivity index is 4.54. The summed E-state index contributed by atoms with van der Waals surface area (Å²) >= 11 is 4.60. The van der Waals surface area contributed by atoms with E-state index in [0.29, 0.717) is 12.3 Å². The van der Waals surface area contributed by atoms with Crippen molar-refractivity contribution in [2.45, 2.75) is 166 Å². The highest BCUT2D eigenvalue weighted by atomic mass is 32.1. The van der Waals surface area contributed by atoms with Crippen LogP contribution in [0, 0.1) is 5.92 Å². The van der Waals surface area contributed by atoms with Crippen LogP contribution in [0.5, 0.6) is 0 Å². The number of aliphatic carboxylic acids is 1. The lowest BCUT2D eigenvalue weighted by molar-refractivity contribution is -0.256. The highest BCUT2D eigenvalue weighted by molar-refractivity contribution is 7.80. The van der Waals surface area contributed by atoms with Crippen LogP contribution in [-0.4, -0.2) is 33.4 Å². The number of carboxylic acids is 1. The Kier molecular flexibility index (Phi) is 23.8. The molecule has 8 heteroatoms. The Morgan fingerprint density at radius 3 is 1.58 bits per heavy atom. The van der Waals surface area contributed by atoms with Crippen molar-refractivity contribution in [2.24, 2.45) is 5.92 Å². The average Bonchev–Trinajstić information content (AvgIpc) is 2.86. The Bertz CT molecular complexity index is 538. The summed E-state index contributed by atoms with van der Waals surface area (Å²) in [5.41, 5.74) is -3.24. The molecule has 0 aromatic heterocycles. The highest BCUT2D eigenvalue weighted by Crippen LogP contribution is 2.29. The quantitative estimate of drug-likeness (QED) is 0.0409.